The zero-order valence-electron chi connectivity index (χ0n) is 17.7. The van der Waals surface area contributed by atoms with Gasteiger partial charge in [-0.15, -0.1) is 0 Å². The molecule has 2 rings (SSSR count). The smallest absolute Gasteiger partial charge is 0.326 e. The number of carboxylic acid groups (broad SMARTS) is 1. The molecule has 1 aromatic carbocycles. The summed E-state index contributed by atoms with van der Waals surface area (Å²) < 4.78 is 0. The molecule has 9 nitrogen and oxygen atoms in total. The van der Waals surface area contributed by atoms with Crippen molar-refractivity contribution in [3.05, 3.63) is 69.1 Å². The second kappa shape index (κ2) is 11.0. The molecular weight excluding hydrogens is 398 g/mol. The first-order chi connectivity index (χ1) is 14.7. The second-order valence-electron chi connectivity index (χ2n) is 7.65. The van der Waals surface area contributed by atoms with Crippen LogP contribution in [-0.2, 0) is 11.2 Å². The maximum atomic E-state index is 12.4. The quantitative estimate of drug-likeness (QED) is 0.191. The summed E-state index contributed by atoms with van der Waals surface area (Å²) in [4.78, 5) is 39.0. The minimum Gasteiger partial charge on any atom is -0.480 e. The first-order valence-corrected chi connectivity index (χ1v) is 10.1. The van der Waals surface area contributed by atoms with Crippen molar-refractivity contribution in [1.29, 1.82) is 5.41 Å². The SMILES string of the molecule is CC(C)c1cccc(Cc2ccc(C(=O)N[C@@H](CCCNC(=N)N)C(=O)O)c(=O)[nH]2)c1. The molecule has 1 aromatic heterocycles. The standard InChI is InChI=1S/C22H29N5O4/c1-13(2)15-6-3-5-14(11-15)12-16-8-9-17(19(28)26-16)20(29)27-18(21(30)31)7-4-10-25-22(23)24/h3,5-6,8-9,11,13,18H,4,7,10,12H2,1-2H3,(H,26,28)(H,27,29)(H,30,31)(H4,23,24,25)/t18-/m0/s1. The van der Waals surface area contributed by atoms with E-state index in [9.17, 15) is 19.5 Å². The number of nitrogens with one attached hydrogen (secondary N) is 4. The molecule has 0 aliphatic heterocycles. The lowest BCUT2D eigenvalue weighted by Crippen LogP contribution is -2.43. The number of aromatic nitrogens is 1. The molecule has 9 heteroatoms. The van der Waals surface area contributed by atoms with Gasteiger partial charge in [-0.05, 0) is 42.0 Å². The van der Waals surface area contributed by atoms with Gasteiger partial charge in [0, 0.05) is 18.7 Å². The number of nitrogens with two attached hydrogens (primary N) is 1. The topological polar surface area (TPSA) is 161 Å². The number of carbonyl (C=O) groups excluding carboxylic acids is 1. The molecule has 31 heavy (non-hydrogen) atoms. The molecule has 0 spiro atoms. The van der Waals surface area contributed by atoms with Crippen LogP contribution in [0.1, 0.15) is 59.8 Å². The van der Waals surface area contributed by atoms with E-state index in [2.05, 4.69) is 41.6 Å². The highest BCUT2D eigenvalue weighted by Gasteiger charge is 2.21. The summed E-state index contributed by atoms with van der Waals surface area (Å²) in [5.74, 6) is -1.76. The number of rotatable bonds is 10. The van der Waals surface area contributed by atoms with Crippen molar-refractivity contribution in [3.8, 4) is 0 Å². The Hall–Kier alpha value is -3.62. The number of hydrogen-bond donors (Lipinski definition) is 6. The predicted octanol–water partition coefficient (Wildman–Crippen LogP) is 1.54. The van der Waals surface area contributed by atoms with Crippen LogP contribution in [0, 0.1) is 5.41 Å². The summed E-state index contributed by atoms with van der Waals surface area (Å²) in [5.41, 5.74) is 7.36. The van der Waals surface area contributed by atoms with Crippen molar-refractivity contribution < 1.29 is 14.7 Å². The first-order valence-electron chi connectivity index (χ1n) is 10.1. The number of aliphatic carboxylic acids is 1. The van der Waals surface area contributed by atoms with E-state index in [1.54, 1.807) is 6.07 Å². The Balaban J connectivity index is 2.05. The van der Waals surface area contributed by atoms with E-state index in [1.165, 1.54) is 11.6 Å². The van der Waals surface area contributed by atoms with Crippen LogP contribution in [0.3, 0.4) is 0 Å². The van der Waals surface area contributed by atoms with Crippen LogP contribution in [0.2, 0.25) is 0 Å². The summed E-state index contributed by atoms with van der Waals surface area (Å²) in [6.07, 6.45) is 1.02. The Morgan fingerprint density at radius 2 is 1.97 bits per heavy atom. The van der Waals surface area contributed by atoms with E-state index in [4.69, 9.17) is 11.1 Å². The minimum atomic E-state index is -1.20. The molecule has 0 bridgehead atoms. The highest BCUT2D eigenvalue weighted by molar-refractivity contribution is 5.96. The Labute approximate surface area is 180 Å². The Morgan fingerprint density at radius 3 is 2.58 bits per heavy atom. The van der Waals surface area contributed by atoms with Gasteiger partial charge in [-0.1, -0.05) is 38.1 Å². The molecule has 0 aliphatic rings. The molecule has 1 atom stereocenters. The van der Waals surface area contributed by atoms with E-state index in [0.29, 0.717) is 31.0 Å². The van der Waals surface area contributed by atoms with Crippen LogP contribution in [0.15, 0.2) is 41.2 Å². The van der Waals surface area contributed by atoms with Gasteiger partial charge in [-0.25, -0.2) is 4.79 Å². The molecule has 0 radical (unpaired) electrons. The molecule has 0 aliphatic carbocycles. The molecule has 1 heterocycles. The third-order valence-electron chi connectivity index (χ3n) is 4.82. The maximum absolute atomic E-state index is 12.4. The molecule has 0 fully saturated rings. The lowest BCUT2D eigenvalue weighted by molar-refractivity contribution is -0.139. The van der Waals surface area contributed by atoms with Gasteiger partial charge in [0.05, 0.1) is 0 Å². The van der Waals surface area contributed by atoms with Gasteiger partial charge >= 0.3 is 5.97 Å². The van der Waals surface area contributed by atoms with E-state index in [0.717, 1.165) is 5.56 Å². The zero-order chi connectivity index (χ0) is 23.0. The summed E-state index contributed by atoms with van der Waals surface area (Å²) in [6.45, 7) is 4.53. The van der Waals surface area contributed by atoms with Crippen LogP contribution in [-0.4, -0.2) is 40.5 Å². The average Bonchev–Trinajstić information content (AvgIpc) is 2.70. The van der Waals surface area contributed by atoms with Gasteiger partial charge in [0.25, 0.3) is 11.5 Å². The lowest BCUT2D eigenvalue weighted by atomic mass is 9.99. The minimum absolute atomic E-state index is 0.129. The van der Waals surface area contributed by atoms with Crippen molar-refractivity contribution >= 4 is 17.8 Å². The first kappa shape index (κ1) is 23.7. The number of guanidine groups is 1. The van der Waals surface area contributed by atoms with E-state index >= 15 is 0 Å². The van der Waals surface area contributed by atoms with Crippen LogP contribution in [0.5, 0.6) is 0 Å². The number of H-pyrrole nitrogens is 1. The van der Waals surface area contributed by atoms with Gasteiger partial charge < -0.3 is 26.5 Å². The number of amides is 1. The summed E-state index contributed by atoms with van der Waals surface area (Å²) in [6, 6.07) is 10.0. The van der Waals surface area contributed by atoms with Crippen LogP contribution in [0.25, 0.3) is 0 Å². The summed E-state index contributed by atoms with van der Waals surface area (Å²) in [7, 11) is 0. The fourth-order valence-corrected chi connectivity index (χ4v) is 3.10. The fourth-order valence-electron chi connectivity index (χ4n) is 3.10. The Morgan fingerprint density at radius 1 is 1.23 bits per heavy atom. The van der Waals surface area contributed by atoms with Crippen molar-refractivity contribution in [3.63, 3.8) is 0 Å². The second-order valence-corrected chi connectivity index (χ2v) is 7.65. The lowest BCUT2D eigenvalue weighted by Gasteiger charge is -2.14. The zero-order valence-corrected chi connectivity index (χ0v) is 17.7. The van der Waals surface area contributed by atoms with Gasteiger partial charge in [-0.3, -0.25) is 15.0 Å². The summed E-state index contributed by atoms with van der Waals surface area (Å²) >= 11 is 0. The van der Waals surface area contributed by atoms with Gasteiger partial charge in [0.2, 0.25) is 0 Å². The third-order valence-corrected chi connectivity index (χ3v) is 4.82. The van der Waals surface area contributed by atoms with E-state index in [1.807, 2.05) is 12.1 Å². The molecule has 7 N–H and O–H groups in total. The van der Waals surface area contributed by atoms with Gasteiger partial charge in [-0.2, -0.15) is 0 Å². The number of hydrogen-bond acceptors (Lipinski definition) is 4. The maximum Gasteiger partial charge on any atom is 0.326 e. The fraction of sp³-hybridized carbons (Fsp3) is 0.364. The summed E-state index contributed by atoms with van der Waals surface area (Å²) in [5, 5.41) is 21.4. The molecule has 0 saturated carbocycles. The molecule has 166 valence electrons. The van der Waals surface area contributed by atoms with Gasteiger partial charge in [0.1, 0.15) is 11.6 Å². The van der Waals surface area contributed by atoms with Gasteiger partial charge in [0.15, 0.2) is 5.96 Å². The highest BCUT2D eigenvalue weighted by Crippen LogP contribution is 2.17. The normalized spacial score (nSPS) is 11.7. The van der Waals surface area contributed by atoms with E-state index < -0.39 is 23.5 Å². The number of pyridine rings is 1. The van der Waals surface area contributed by atoms with Crippen LogP contribution >= 0.6 is 0 Å². The van der Waals surface area contributed by atoms with E-state index in [-0.39, 0.29) is 17.9 Å². The largest absolute Gasteiger partial charge is 0.480 e. The van der Waals surface area contributed by atoms with Crippen molar-refractivity contribution in [2.75, 3.05) is 6.54 Å². The highest BCUT2D eigenvalue weighted by atomic mass is 16.4. The molecule has 2 aromatic rings. The van der Waals surface area contributed by atoms with Crippen molar-refractivity contribution in [1.82, 2.24) is 15.6 Å². The molecule has 1 amide bonds. The number of benzene rings is 1. The molecule has 0 saturated heterocycles. The monoisotopic (exact) mass is 427 g/mol. The third kappa shape index (κ3) is 7.29. The van der Waals surface area contributed by atoms with Crippen LogP contribution in [0.4, 0.5) is 0 Å². The number of carbonyl (C=O) groups is 2. The number of aromatic amines is 1. The van der Waals surface area contributed by atoms with Crippen molar-refractivity contribution in [2.24, 2.45) is 5.73 Å². The Bertz CT molecular complexity index is 999. The number of carboxylic acids is 1. The predicted molar refractivity (Wildman–Crippen MR) is 118 cm³/mol. The average molecular weight is 428 g/mol. The molecular formula is C22H29N5O4. The Kier molecular flexibility index (Phi) is 8.36. The van der Waals surface area contributed by atoms with Crippen molar-refractivity contribution in [2.45, 2.75) is 45.1 Å². The van der Waals surface area contributed by atoms with Crippen LogP contribution < -0.4 is 21.9 Å². The molecule has 0 unspecified atom stereocenters.